The SMILES string of the molecule is COCc1ccc(Br)nc1NC(=O)[C@@H]1C[C@@]2(CNC(=O)C(NC(=O)OC)C(C)C)C[C@H]2N1C(=O)Cn1nc(C(C)=O)c2cc(-c3cnc(C)nc3)ccc21. The van der Waals surface area contributed by atoms with Gasteiger partial charge < -0.3 is 30.3 Å². The lowest BCUT2D eigenvalue weighted by Gasteiger charge is -2.27. The summed E-state index contributed by atoms with van der Waals surface area (Å²) in [5, 5.41) is 13.6. The molecule has 17 heteroatoms. The second-order valence-corrected chi connectivity index (χ2v) is 14.9. The lowest BCUT2D eigenvalue weighted by Crippen LogP contribution is -2.50. The van der Waals surface area contributed by atoms with E-state index in [1.165, 1.54) is 25.8 Å². The van der Waals surface area contributed by atoms with Crippen molar-refractivity contribution in [1.82, 2.24) is 40.3 Å². The summed E-state index contributed by atoms with van der Waals surface area (Å²) in [6.07, 6.45) is 3.49. The second kappa shape index (κ2) is 15.6. The molecule has 3 aromatic heterocycles. The number of benzene rings is 1. The summed E-state index contributed by atoms with van der Waals surface area (Å²) in [4.78, 5) is 81.1. The molecule has 0 bridgehead atoms. The standard InChI is InChI=1S/C37H42BrN9O7/c1-19(2)31(43-36(52)54-6)35(51)41-18-37-12-27(34(50)44-33-23(17-53-5)8-10-29(38)42-33)47(28(37)13-37)30(49)16-46-26-9-7-22(24-14-39-21(4)40-15-24)11-25(26)32(45-46)20(3)48/h7-11,14-15,19,27-28,31H,12-13,16-18H2,1-6H3,(H,41,51)(H,43,52)(H,42,44,50)/t27-,28+,31?,37-/m0/s1. The Kier molecular flexibility index (Phi) is 11.1. The minimum absolute atomic E-state index is 0.172. The molecule has 4 aromatic rings. The van der Waals surface area contributed by atoms with Crippen LogP contribution in [0.4, 0.5) is 10.6 Å². The van der Waals surface area contributed by atoms with E-state index in [9.17, 15) is 24.0 Å². The first-order valence-corrected chi connectivity index (χ1v) is 18.2. The maximum Gasteiger partial charge on any atom is 0.407 e. The van der Waals surface area contributed by atoms with Crippen LogP contribution in [0.2, 0.25) is 0 Å². The van der Waals surface area contributed by atoms with Crippen molar-refractivity contribution in [2.45, 2.75) is 71.8 Å². The number of rotatable bonds is 13. The summed E-state index contributed by atoms with van der Waals surface area (Å²) in [5.74, 6) is -0.816. The molecule has 1 unspecified atom stereocenters. The molecule has 54 heavy (non-hydrogen) atoms. The molecule has 0 spiro atoms. The minimum Gasteiger partial charge on any atom is -0.453 e. The number of amides is 4. The fourth-order valence-electron chi connectivity index (χ4n) is 7.10. The van der Waals surface area contributed by atoms with Gasteiger partial charge in [0.25, 0.3) is 0 Å². The fourth-order valence-corrected chi connectivity index (χ4v) is 7.41. The van der Waals surface area contributed by atoms with Crippen LogP contribution in [0.25, 0.3) is 22.0 Å². The zero-order valence-corrected chi connectivity index (χ0v) is 32.4. The van der Waals surface area contributed by atoms with Gasteiger partial charge in [0.05, 0.1) is 19.2 Å². The van der Waals surface area contributed by atoms with Crippen molar-refractivity contribution in [3.63, 3.8) is 0 Å². The molecule has 3 N–H and O–H groups in total. The van der Waals surface area contributed by atoms with Gasteiger partial charge in [-0.15, -0.1) is 0 Å². The van der Waals surface area contributed by atoms with Crippen molar-refractivity contribution in [2.24, 2.45) is 11.3 Å². The van der Waals surface area contributed by atoms with Crippen molar-refractivity contribution in [1.29, 1.82) is 0 Å². The molecule has 284 valence electrons. The molecule has 2 aliphatic rings. The lowest BCUT2D eigenvalue weighted by molar-refractivity contribution is -0.138. The topological polar surface area (TPSA) is 200 Å². The molecule has 4 heterocycles. The molecular weight excluding hydrogens is 762 g/mol. The number of alkyl carbamates (subject to hydrolysis) is 1. The normalized spacial score (nSPS) is 19.3. The van der Waals surface area contributed by atoms with E-state index in [1.54, 1.807) is 56.3 Å². The van der Waals surface area contributed by atoms with E-state index >= 15 is 0 Å². The number of methoxy groups -OCH3 is 2. The largest absolute Gasteiger partial charge is 0.453 e. The summed E-state index contributed by atoms with van der Waals surface area (Å²) >= 11 is 3.36. The summed E-state index contributed by atoms with van der Waals surface area (Å²) in [6, 6.07) is 6.86. The number of carbonyl (C=O) groups excluding carboxylic acids is 5. The second-order valence-electron chi connectivity index (χ2n) is 14.1. The number of hydrogen-bond acceptors (Lipinski definition) is 11. The number of anilines is 1. The number of pyridine rings is 1. The van der Waals surface area contributed by atoms with Gasteiger partial charge in [-0.05, 0) is 65.4 Å². The van der Waals surface area contributed by atoms with Crippen LogP contribution in [0.1, 0.15) is 55.5 Å². The average molecular weight is 805 g/mol. The van der Waals surface area contributed by atoms with Crippen LogP contribution in [0.5, 0.6) is 0 Å². The predicted molar refractivity (Wildman–Crippen MR) is 200 cm³/mol. The number of ketones is 1. The van der Waals surface area contributed by atoms with Crippen molar-refractivity contribution >= 4 is 62.2 Å². The monoisotopic (exact) mass is 803 g/mol. The Bertz CT molecular complexity index is 2120. The smallest absolute Gasteiger partial charge is 0.407 e. The minimum atomic E-state index is -0.916. The summed E-state index contributed by atoms with van der Waals surface area (Å²) < 4.78 is 12.0. The van der Waals surface area contributed by atoms with Gasteiger partial charge in [-0.3, -0.25) is 23.9 Å². The number of ether oxygens (including phenoxy) is 2. The Labute approximate surface area is 319 Å². The molecule has 1 saturated carbocycles. The van der Waals surface area contributed by atoms with Crippen LogP contribution >= 0.6 is 15.9 Å². The van der Waals surface area contributed by atoms with Crippen LogP contribution in [0.15, 0.2) is 47.3 Å². The molecule has 1 aliphatic carbocycles. The number of aryl methyl sites for hydroxylation is 1. The van der Waals surface area contributed by atoms with Crippen molar-refractivity contribution in [3.8, 4) is 11.1 Å². The first-order valence-electron chi connectivity index (χ1n) is 17.4. The summed E-state index contributed by atoms with van der Waals surface area (Å²) in [7, 11) is 2.76. The number of halogens is 1. The Morgan fingerprint density at radius 3 is 2.44 bits per heavy atom. The highest BCUT2D eigenvalue weighted by molar-refractivity contribution is 9.10. The molecule has 6 rings (SSSR count). The lowest BCUT2D eigenvalue weighted by atomic mass is 9.98. The third kappa shape index (κ3) is 7.82. The van der Waals surface area contributed by atoms with Gasteiger partial charge in [-0.25, -0.2) is 19.7 Å². The van der Waals surface area contributed by atoms with Crippen molar-refractivity contribution < 1.29 is 33.4 Å². The first kappa shape index (κ1) is 38.4. The van der Waals surface area contributed by atoms with E-state index < -0.39 is 35.4 Å². The van der Waals surface area contributed by atoms with E-state index in [-0.39, 0.29) is 55.5 Å². The number of nitrogens with zero attached hydrogens (tertiary/aromatic N) is 6. The summed E-state index contributed by atoms with van der Waals surface area (Å²) in [5.41, 5.74) is 2.37. The number of carbonyl (C=O) groups is 5. The van der Waals surface area contributed by atoms with E-state index in [0.717, 1.165) is 11.1 Å². The van der Waals surface area contributed by atoms with Gasteiger partial charge in [0, 0.05) is 60.9 Å². The number of nitrogens with one attached hydrogen (secondary N) is 3. The zero-order valence-electron chi connectivity index (χ0n) is 30.8. The molecule has 0 radical (unpaired) electrons. The number of piperidine rings is 1. The van der Waals surface area contributed by atoms with Gasteiger partial charge in [0.1, 0.15) is 40.6 Å². The van der Waals surface area contributed by atoms with Crippen LogP contribution in [-0.4, -0.2) is 98.1 Å². The number of hydrogen-bond donors (Lipinski definition) is 3. The van der Waals surface area contributed by atoms with Gasteiger partial charge in [-0.1, -0.05) is 26.0 Å². The van der Waals surface area contributed by atoms with E-state index in [4.69, 9.17) is 9.47 Å². The number of aromatic nitrogens is 5. The average Bonchev–Trinajstić information content (AvgIpc) is 3.56. The van der Waals surface area contributed by atoms with Gasteiger partial charge in [-0.2, -0.15) is 5.10 Å². The molecule has 1 saturated heterocycles. The molecule has 4 atom stereocenters. The van der Waals surface area contributed by atoms with Crippen LogP contribution in [0.3, 0.4) is 0 Å². The predicted octanol–water partition coefficient (Wildman–Crippen LogP) is 3.80. The van der Waals surface area contributed by atoms with E-state index in [0.29, 0.717) is 39.1 Å². The molecule has 4 amide bonds. The molecule has 1 aliphatic heterocycles. The summed E-state index contributed by atoms with van der Waals surface area (Å²) in [6.45, 7) is 6.94. The highest BCUT2D eigenvalue weighted by Crippen LogP contribution is 2.59. The Morgan fingerprint density at radius 2 is 1.78 bits per heavy atom. The Morgan fingerprint density at radius 1 is 1.04 bits per heavy atom. The number of Topliss-reactive ketones (excluding diaryl/α,β-unsaturated/α-hetero) is 1. The van der Waals surface area contributed by atoms with Crippen molar-refractivity contribution in [3.05, 3.63) is 64.4 Å². The highest BCUT2D eigenvalue weighted by Gasteiger charge is 2.67. The molecule has 16 nitrogen and oxygen atoms in total. The zero-order chi connectivity index (χ0) is 38.9. The third-order valence-corrected chi connectivity index (χ3v) is 10.4. The van der Waals surface area contributed by atoms with E-state index in [2.05, 4.69) is 51.9 Å². The fraction of sp³-hybridized carbons (Fsp3) is 0.432. The maximum absolute atomic E-state index is 14.4. The molecule has 1 aromatic carbocycles. The molecule has 2 fully saturated rings. The quantitative estimate of drug-likeness (QED) is 0.131. The highest BCUT2D eigenvalue weighted by atomic mass is 79.9. The molecular formula is C37H42BrN9O7. The Balaban J connectivity index is 1.29. The maximum atomic E-state index is 14.4. The van der Waals surface area contributed by atoms with Crippen LogP contribution < -0.4 is 16.0 Å². The third-order valence-electron chi connectivity index (χ3n) is 10.0. The number of fused-ring (bicyclic) bond motifs is 2. The van der Waals surface area contributed by atoms with Gasteiger partial charge in [0.2, 0.25) is 17.7 Å². The van der Waals surface area contributed by atoms with Gasteiger partial charge >= 0.3 is 6.09 Å². The number of likely N-dealkylation sites (tertiary alicyclic amines) is 1. The van der Waals surface area contributed by atoms with Gasteiger partial charge in [0.15, 0.2) is 5.78 Å². The Hall–Kier alpha value is -5.29. The van der Waals surface area contributed by atoms with Crippen LogP contribution in [0, 0.1) is 18.3 Å². The first-order chi connectivity index (χ1) is 25.7. The van der Waals surface area contributed by atoms with Crippen LogP contribution in [-0.2, 0) is 37.0 Å². The van der Waals surface area contributed by atoms with Crippen molar-refractivity contribution in [2.75, 3.05) is 26.1 Å². The van der Waals surface area contributed by atoms with E-state index in [1.807, 2.05) is 12.1 Å².